The SMILES string of the molecule is O=C(NC1CCCCC1)N1CCC(c2nnc3ccccn23)CC1. The summed E-state index contributed by atoms with van der Waals surface area (Å²) in [7, 11) is 0. The van der Waals surface area contributed by atoms with Gasteiger partial charge in [-0.15, -0.1) is 10.2 Å². The summed E-state index contributed by atoms with van der Waals surface area (Å²) < 4.78 is 2.07. The highest BCUT2D eigenvalue weighted by Gasteiger charge is 2.28. The molecular formula is C18H25N5O. The van der Waals surface area contributed by atoms with Gasteiger partial charge < -0.3 is 10.2 Å². The molecule has 1 aliphatic heterocycles. The molecule has 128 valence electrons. The number of nitrogens with one attached hydrogen (secondary N) is 1. The second-order valence-corrected chi connectivity index (χ2v) is 7.03. The number of carbonyl (C=O) groups excluding carboxylic acids is 1. The molecule has 0 spiro atoms. The molecule has 0 unspecified atom stereocenters. The van der Waals surface area contributed by atoms with Crippen molar-refractivity contribution in [1.29, 1.82) is 0 Å². The molecule has 2 aromatic rings. The lowest BCUT2D eigenvalue weighted by Gasteiger charge is -2.33. The molecule has 1 aliphatic carbocycles. The van der Waals surface area contributed by atoms with Crippen LogP contribution in [0.1, 0.15) is 56.7 Å². The highest BCUT2D eigenvalue weighted by atomic mass is 16.2. The number of rotatable bonds is 2. The van der Waals surface area contributed by atoms with Gasteiger partial charge in [0.2, 0.25) is 0 Å². The fraction of sp³-hybridized carbons (Fsp3) is 0.611. The van der Waals surface area contributed by atoms with Crippen molar-refractivity contribution in [2.45, 2.75) is 56.9 Å². The molecule has 4 rings (SSSR count). The standard InChI is InChI=1S/C18H25N5O/c24-18(19-15-6-2-1-3-7-15)22-12-9-14(10-13-22)17-21-20-16-8-4-5-11-23(16)17/h4-5,8,11,14-15H,1-3,6-7,9-10,12-13H2,(H,19,24). The van der Waals surface area contributed by atoms with Crippen LogP contribution in [0, 0.1) is 0 Å². The van der Waals surface area contributed by atoms with E-state index in [-0.39, 0.29) is 6.03 Å². The Morgan fingerprint density at radius 2 is 1.83 bits per heavy atom. The van der Waals surface area contributed by atoms with E-state index >= 15 is 0 Å². The van der Waals surface area contributed by atoms with Crippen molar-refractivity contribution in [2.75, 3.05) is 13.1 Å². The van der Waals surface area contributed by atoms with Gasteiger partial charge in [0.05, 0.1) is 0 Å². The number of hydrogen-bond acceptors (Lipinski definition) is 3. The van der Waals surface area contributed by atoms with Crippen LogP contribution in [-0.4, -0.2) is 44.7 Å². The first kappa shape index (κ1) is 15.4. The van der Waals surface area contributed by atoms with Gasteiger partial charge in [0.15, 0.2) is 5.65 Å². The number of carbonyl (C=O) groups is 1. The Labute approximate surface area is 142 Å². The first-order chi connectivity index (χ1) is 11.8. The molecule has 6 heteroatoms. The largest absolute Gasteiger partial charge is 0.335 e. The van der Waals surface area contributed by atoms with Gasteiger partial charge in [-0.1, -0.05) is 25.3 Å². The van der Waals surface area contributed by atoms with E-state index in [4.69, 9.17) is 0 Å². The maximum Gasteiger partial charge on any atom is 0.317 e. The van der Waals surface area contributed by atoms with Crippen LogP contribution in [0.3, 0.4) is 0 Å². The van der Waals surface area contributed by atoms with Crippen molar-refractivity contribution >= 4 is 11.7 Å². The molecule has 24 heavy (non-hydrogen) atoms. The summed E-state index contributed by atoms with van der Waals surface area (Å²) in [5.74, 6) is 1.40. The van der Waals surface area contributed by atoms with Gasteiger partial charge in [-0.25, -0.2) is 4.79 Å². The first-order valence-corrected chi connectivity index (χ1v) is 9.16. The summed E-state index contributed by atoms with van der Waals surface area (Å²) in [5, 5.41) is 11.8. The van der Waals surface area contributed by atoms with E-state index in [2.05, 4.69) is 19.9 Å². The first-order valence-electron chi connectivity index (χ1n) is 9.16. The second kappa shape index (κ2) is 6.79. The number of piperidine rings is 1. The van der Waals surface area contributed by atoms with Crippen molar-refractivity contribution in [3.63, 3.8) is 0 Å². The molecule has 0 radical (unpaired) electrons. The zero-order valence-electron chi connectivity index (χ0n) is 14.0. The third-order valence-corrected chi connectivity index (χ3v) is 5.42. The smallest absolute Gasteiger partial charge is 0.317 e. The van der Waals surface area contributed by atoms with Crippen LogP contribution in [0.25, 0.3) is 5.65 Å². The van der Waals surface area contributed by atoms with Crippen LogP contribution in [-0.2, 0) is 0 Å². The van der Waals surface area contributed by atoms with Crippen LogP contribution in [0.2, 0.25) is 0 Å². The van der Waals surface area contributed by atoms with E-state index in [0.29, 0.717) is 12.0 Å². The second-order valence-electron chi connectivity index (χ2n) is 7.03. The maximum absolute atomic E-state index is 12.5. The summed E-state index contributed by atoms with van der Waals surface area (Å²) in [5.41, 5.74) is 0.893. The van der Waals surface area contributed by atoms with Crippen LogP contribution in [0.4, 0.5) is 4.79 Å². The zero-order chi connectivity index (χ0) is 16.4. The number of nitrogens with zero attached hydrogens (tertiary/aromatic N) is 4. The molecule has 0 bridgehead atoms. The Balaban J connectivity index is 1.35. The van der Waals surface area contributed by atoms with Crippen molar-refractivity contribution in [2.24, 2.45) is 0 Å². The zero-order valence-corrected chi connectivity index (χ0v) is 14.0. The molecule has 2 aliphatic rings. The van der Waals surface area contributed by atoms with Gasteiger partial charge in [-0.05, 0) is 37.8 Å². The Hall–Kier alpha value is -2.11. The van der Waals surface area contributed by atoms with Crippen molar-refractivity contribution in [3.8, 4) is 0 Å². The highest BCUT2D eigenvalue weighted by Crippen LogP contribution is 2.27. The molecule has 0 aromatic carbocycles. The minimum absolute atomic E-state index is 0.117. The van der Waals surface area contributed by atoms with E-state index in [1.54, 1.807) is 0 Å². The monoisotopic (exact) mass is 327 g/mol. The van der Waals surface area contributed by atoms with Gasteiger partial charge in [-0.2, -0.15) is 0 Å². The lowest BCUT2D eigenvalue weighted by Crippen LogP contribution is -2.48. The summed E-state index contributed by atoms with van der Waals surface area (Å²) >= 11 is 0. The predicted octanol–water partition coefficient (Wildman–Crippen LogP) is 2.95. The molecule has 2 aromatic heterocycles. The minimum atomic E-state index is 0.117. The normalized spacial score (nSPS) is 20.4. The quantitative estimate of drug-likeness (QED) is 0.922. The molecule has 6 nitrogen and oxygen atoms in total. The third kappa shape index (κ3) is 3.09. The van der Waals surface area contributed by atoms with E-state index < -0.39 is 0 Å². The average molecular weight is 327 g/mol. The minimum Gasteiger partial charge on any atom is -0.335 e. The average Bonchev–Trinajstić information content (AvgIpc) is 3.07. The van der Waals surface area contributed by atoms with Crippen molar-refractivity contribution < 1.29 is 4.79 Å². The summed E-state index contributed by atoms with van der Waals surface area (Å²) in [6.07, 6.45) is 9.99. The molecule has 2 fully saturated rings. The number of pyridine rings is 1. The molecule has 1 saturated heterocycles. The van der Waals surface area contributed by atoms with E-state index in [0.717, 1.165) is 50.2 Å². The van der Waals surface area contributed by atoms with E-state index in [1.807, 2.05) is 29.3 Å². The predicted molar refractivity (Wildman–Crippen MR) is 91.9 cm³/mol. The number of amides is 2. The van der Waals surface area contributed by atoms with Crippen LogP contribution in [0.5, 0.6) is 0 Å². The highest BCUT2D eigenvalue weighted by molar-refractivity contribution is 5.74. The number of urea groups is 1. The third-order valence-electron chi connectivity index (χ3n) is 5.42. The van der Waals surface area contributed by atoms with Crippen LogP contribution >= 0.6 is 0 Å². The number of aromatic nitrogens is 3. The summed E-state index contributed by atoms with van der Waals surface area (Å²) in [4.78, 5) is 14.4. The lowest BCUT2D eigenvalue weighted by molar-refractivity contribution is 0.173. The van der Waals surface area contributed by atoms with Gasteiger partial charge in [0.1, 0.15) is 5.82 Å². The Morgan fingerprint density at radius 3 is 2.62 bits per heavy atom. The van der Waals surface area contributed by atoms with E-state index in [1.165, 1.54) is 19.3 Å². The fourth-order valence-electron chi connectivity index (χ4n) is 3.99. The molecular weight excluding hydrogens is 302 g/mol. The Bertz CT molecular complexity index is 698. The lowest BCUT2D eigenvalue weighted by atomic mass is 9.95. The number of hydrogen-bond donors (Lipinski definition) is 1. The van der Waals surface area contributed by atoms with Crippen LogP contribution < -0.4 is 5.32 Å². The molecule has 0 atom stereocenters. The van der Waals surface area contributed by atoms with E-state index in [9.17, 15) is 4.79 Å². The number of likely N-dealkylation sites (tertiary alicyclic amines) is 1. The summed E-state index contributed by atoms with van der Waals surface area (Å²) in [6, 6.07) is 6.46. The van der Waals surface area contributed by atoms with Gasteiger partial charge >= 0.3 is 6.03 Å². The Kier molecular flexibility index (Phi) is 4.36. The number of fused-ring (bicyclic) bond motifs is 1. The van der Waals surface area contributed by atoms with Gasteiger partial charge in [-0.3, -0.25) is 4.40 Å². The van der Waals surface area contributed by atoms with Crippen molar-refractivity contribution in [3.05, 3.63) is 30.2 Å². The van der Waals surface area contributed by atoms with Crippen LogP contribution in [0.15, 0.2) is 24.4 Å². The molecule has 1 saturated carbocycles. The Morgan fingerprint density at radius 1 is 1.04 bits per heavy atom. The molecule has 3 heterocycles. The van der Waals surface area contributed by atoms with Gasteiger partial charge in [0, 0.05) is 31.2 Å². The maximum atomic E-state index is 12.5. The fourth-order valence-corrected chi connectivity index (χ4v) is 3.99. The molecule has 1 N–H and O–H groups in total. The summed E-state index contributed by atoms with van der Waals surface area (Å²) in [6.45, 7) is 1.59. The molecule has 2 amide bonds. The van der Waals surface area contributed by atoms with Crippen molar-refractivity contribution in [1.82, 2.24) is 24.8 Å². The topological polar surface area (TPSA) is 62.5 Å². The van der Waals surface area contributed by atoms with Gasteiger partial charge in [0.25, 0.3) is 0 Å².